The highest BCUT2D eigenvalue weighted by molar-refractivity contribution is 5.99. The van der Waals surface area contributed by atoms with Crippen LogP contribution < -0.4 is 10.4 Å². The number of fused-ring (bicyclic) bond motifs is 3. The first-order valence-corrected chi connectivity index (χ1v) is 13.5. The number of hydrogen-bond acceptors (Lipinski definition) is 7. The van der Waals surface area contributed by atoms with Crippen molar-refractivity contribution in [3.8, 4) is 5.75 Å². The molecule has 1 atom stereocenters. The van der Waals surface area contributed by atoms with Crippen molar-refractivity contribution < 1.29 is 51.4 Å². The summed E-state index contributed by atoms with van der Waals surface area (Å²) in [6.45, 7) is 4.41. The molecule has 0 spiro atoms. The Kier molecular flexibility index (Phi) is 11.2. The maximum Gasteiger partial charge on any atom is 0.430 e. The first kappa shape index (κ1) is 33.1. The molecule has 43 heavy (non-hydrogen) atoms. The number of aromatic hydroxyl groups is 1. The van der Waals surface area contributed by atoms with E-state index in [1.807, 2.05) is 30.3 Å². The summed E-state index contributed by atoms with van der Waals surface area (Å²) < 4.78 is 50.3. The van der Waals surface area contributed by atoms with Gasteiger partial charge in [0.05, 0.1) is 18.7 Å². The summed E-state index contributed by atoms with van der Waals surface area (Å²) in [7, 11) is 0. The molecule has 3 aliphatic rings. The second kappa shape index (κ2) is 14.6. The minimum Gasteiger partial charge on any atom is -0.542 e. The predicted molar refractivity (Wildman–Crippen MR) is 148 cm³/mol. The van der Waals surface area contributed by atoms with E-state index in [2.05, 4.69) is 5.32 Å². The summed E-state index contributed by atoms with van der Waals surface area (Å²) in [5, 5.41) is 21.8. The second-order valence-corrected chi connectivity index (χ2v) is 10.3. The Bertz CT molecular complexity index is 1380. The van der Waals surface area contributed by atoms with Crippen molar-refractivity contribution in [2.24, 2.45) is 5.92 Å². The number of piperidine rings is 3. The summed E-state index contributed by atoms with van der Waals surface area (Å²) in [5.74, 6) is -3.04. The zero-order valence-electron chi connectivity index (χ0n) is 23.4. The van der Waals surface area contributed by atoms with Gasteiger partial charge in [-0.15, -0.1) is 0 Å². The molecule has 6 rings (SSSR count). The lowest BCUT2D eigenvalue weighted by molar-refractivity contribution is -0.938. The highest BCUT2D eigenvalue weighted by atomic mass is 19.4. The molecule has 2 N–H and O–H groups in total. The Morgan fingerprint density at radius 2 is 1.47 bits per heavy atom. The fourth-order valence-electron chi connectivity index (χ4n) is 5.11. The molecule has 3 saturated heterocycles. The third kappa shape index (κ3) is 10.1. The van der Waals surface area contributed by atoms with E-state index in [4.69, 9.17) is 14.6 Å². The van der Waals surface area contributed by atoms with Gasteiger partial charge in [0.2, 0.25) is 5.78 Å². The third-order valence-corrected chi connectivity index (χ3v) is 7.18. The van der Waals surface area contributed by atoms with E-state index in [9.17, 15) is 32.3 Å². The van der Waals surface area contributed by atoms with Gasteiger partial charge in [-0.05, 0) is 48.5 Å². The van der Waals surface area contributed by atoms with Crippen LogP contribution in [-0.2, 0) is 14.3 Å². The number of phenolic OH excluding ortho intramolecular Hbond substituents is 1. The normalized spacial score (nSPS) is 20.4. The van der Waals surface area contributed by atoms with Gasteiger partial charge in [-0.3, -0.25) is 9.59 Å². The van der Waals surface area contributed by atoms with Gasteiger partial charge < -0.3 is 29.5 Å². The summed E-state index contributed by atoms with van der Waals surface area (Å²) >= 11 is 0. The Hall–Kier alpha value is -4.45. The predicted octanol–water partition coefficient (Wildman–Crippen LogP) is 4.61. The maximum atomic E-state index is 12.6. The van der Waals surface area contributed by atoms with E-state index in [-0.39, 0.29) is 29.4 Å². The lowest BCUT2D eigenvalue weighted by atomic mass is 9.83. The maximum absolute atomic E-state index is 12.6. The summed E-state index contributed by atoms with van der Waals surface area (Å²) in [6.07, 6.45) is -3.28. The van der Waals surface area contributed by atoms with Crippen molar-refractivity contribution in [2.75, 3.05) is 31.5 Å². The lowest BCUT2D eigenvalue weighted by Crippen LogP contribution is -2.65. The highest BCUT2D eigenvalue weighted by Gasteiger charge is 2.48. The van der Waals surface area contributed by atoms with Gasteiger partial charge in [-0.25, -0.2) is 4.39 Å². The van der Waals surface area contributed by atoms with E-state index in [0.29, 0.717) is 29.1 Å². The van der Waals surface area contributed by atoms with Gasteiger partial charge in [-0.1, -0.05) is 30.3 Å². The van der Waals surface area contributed by atoms with Crippen LogP contribution in [-0.4, -0.2) is 65.8 Å². The number of benzene rings is 3. The minimum atomic E-state index is -5.19. The fraction of sp³-hybridized carbons (Fsp3) is 0.323. The molecule has 1 unspecified atom stereocenters. The molecule has 3 aromatic carbocycles. The number of hydrogen-bond donors (Lipinski definition) is 2. The molecule has 3 aliphatic heterocycles. The number of carboxylic acid groups (broad SMARTS) is 1. The first-order valence-electron chi connectivity index (χ1n) is 13.5. The molecule has 0 radical (unpaired) electrons. The third-order valence-electron chi connectivity index (χ3n) is 7.18. The van der Waals surface area contributed by atoms with E-state index in [1.165, 1.54) is 25.1 Å². The van der Waals surface area contributed by atoms with Gasteiger partial charge >= 0.3 is 12.1 Å². The number of carbonyl (C=O) groups is 3. The Labute approximate surface area is 246 Å². The Morgan fingerprint density at radius 3 is 2.00 bits per heavy atom. The lowest BCUT2D eigenvalue weighted by Gasteiger charge is -2.51. The van der Waals surface area contributed by atoms with E-state index < -0.39 is 12.1 Å². The highest BCUT2D eigenvalue weighted by Crippen LogP contribution is 2.36. The van der Waals surface area contributed by atoms with Gasteiger partial charge in [0.15, 0.2) is 6.10 Å². The number of carbonyl (C=O) groups excluding carboxylic acids is 3. The molecular weight excluding hydrogens is 572 g/mol. The number of anilines is 2. The second-order valence-electron chi connectivity index (χ2n) is 10.3. The number of quaternary nitrogens is 1. The summed E-state index contributed by atoms with van der Waals surface area (Å²) in [5.41, 5.74) is 2.27. The number of Topliss-reactive ketones (excluding diaryl/α,β-unsaturated/α-hetero) is 1. The van der Waals surface area contributed by atoms with E-state index in [1.54, 1.807) is 30.3 Å². The number of carboxylic acids is 1. The standard InChI is InChI=1S/C17H21NO4.C12H10FN.C2HF3O2/c1-12(19)22-17-11-18(8-6-13(17)7-9-18)10-16(21)14-4-2-3-5-15(14)20;13-10-6-8-12(9-7-10)14-11-4-2-1-3-5-11;3-2(4,5)1(6)7/h2-5,13,17H,6-11H2,1H3;1-9,14H;(H,6,7). The van der Waals surface area contributed by atoms with Crippen molar-refractivity contribution in [3.63, 3.8) is 0 Å². The van der Waals surface area contributed by atoms with Crippen LogP contribution in [0.15, 0.2) is 78.9 Å². The molecule has 12 heteroatoms. The SMILES string of the molecule is CC(=O)OC1C[N+]2(CC(=O)c3ccccc3O)CCC1CC2.Fc1ccc(Nc2ccccc2)cc1.O=C([O-])C(F)(F)F. The van der Waals surface area contributed by atoms with Crippen molar-refractivity contribution in [1.82, 2.24) is 0 Å². The molecular formula is C31H32F4N2O6. The van der Waals surface area contributed by atoms with Gasteiger partial charge in [-0.2, -0.15) is 13.2 Å². The van der Waals surface area contributed by atoms with E-state index in [0.717, 1.165) is 37.3 Å². The monoisotopic (exact) mass is 604 g/mol. The van der Waals surface area contributed by atoms with Crippen LogP contribution in [0, 0.1) is 11.7 Å². The molecule has 3 fully saturated rings. The Morgan fingerprint density at radius 1 is 0.930 bits per heavy atom. The smallest absolute Gasteiger partial charge is 0.430 e. The van der Waals surface area contributed by atoms with Gasteiger partial charge in [0.1, 0.15) is 30.6 Å². The molecule has 3 heterocycles. The average molecular weight is 605 g/mol. The number of aliphatic carboxylic acids is 1. The zero-order valence-corrected chi connectivity index (χ0v) is 23.4. The topological polar surface area (TPSA) is 116 Å². The molecule has 0 aliphatic carbocycles. The van der Waals surface area contributed by atoms with Crippen LogP contribution in [0.5, 0.6) is 5.75 Å². The van der Waals surface area contributed by atoms with Crippen LogP contribution in [0.2, 0.25) is 0 Å². The van der Waals surface area contributed by atoms with Crippen LogP contribution in [0.4, 0.5) is 28.9 Å². The molecule has 0 amide bonds. The van der Waals surface area contributed by atoms with Gasteiger partial charge in [0.25, 0.3) is 0 Å². The van der Waals surface area contributed by atoms with E-state index >= 15 is 0 Å². The number of nitrogens with zero attached hydrogens (tertiary/aromatic N) is 1. The molecule has 2 bridgehead atoms. The number of esters is 1. The number of phenols is 1. The number of ketones is 1. The van der Waals surface area contributed by atoms with Crippen molar-refractivity contribution in [1.29, 1.82) is 0 Å². The average Bonchev–Trinajstić information content (AvgIpc) is 2.95. The molecule has 3 aromatic rings. The molecule has 230 valence electrons. The van der Waals surface area contributed by atoms with Crippen LogP contribution in [0.25, 0.3) is 0 Å². The van der Waals surface area contributed by atoms with Crippen molar-refractivity contribution in [2.45, 2.75) is 32.0 Å². The number of para-hydroxylation sites is 2. The largest absolute Gasteiger partial charge is 0.542 e. The van der Waals surface area contributed by atoms with Crippen LogP contribution in [0.1, 0.15) is 30.1 Å². The van der Waals surface area contributed by atoms with Crippen LogP contribution >= 0.6 is 0 Å². The fourth-order valence-corrected chi connectivity index (χ4v) is 5.11. The number of rotatable bonds is 6. The van der Waals surface area contributed by atoms with Gasteiger partial charge in [0, 0.05) is 37.1 Å². The Balaban J connectivity index is 0.000000206. The quantitative estimate of drug-likeness (QED) is 0.183. The van der Waals surface area contributed by atoms with Crippen molar-refractivity contribution >= 4 is 29.1 Å². The molecule has 0 aromatic heterocycles. The number of alkyl halides is 3. The summed E-state index contributed by atoms with van der Waals surface area (Å²) in [4.78, 5) is 32.6. The number of ether oxygens (including phenoxy) is 1. The van der Waals surface area contributed by atoms with Crippen molar-refractivity contribution in [3.05, 3.63) is 90.2 Å². The minimum absolute atomic E-state index is 0.0362. The first-order chi connectivity index (χ1) is 20.3. The molecule has 0 saturated carbocycles. The zero-order chi connectivity index (χ0) is 31.6. The van der Waals surface area contributed by atoms with Crippen LogP contribution in [0.3, 0.4) is 0 Å². The molecule has 8 nitrogen and oxygen atoms in total. The number of nitrogens with one attached hydrogen (secondary N) is 1. The summed E-state index contributed by atoms with van der Waals surface area (Å²) in [6, 6.07) is 22.7. The number of halogens is 4.